The molecule has 0 bridgehead atoms. The van der Waals surface area contributed by atoms with E-state index in [0.717, 1.165) is 0 Å². The molecule has 0 aliphatic heterocycles. The van der Waals surface area contributed by atoms with Gasteiger partial charge in [-0.1, -0.05) is 24.4 Å². The summed E-state index contributed by atoms with van der Waals surface area (Å²) in [5, 5.41) is 0.569. The maximum absolute atomic E-state index is 11.0. The monoisotopic (exact) mass is 197 g/mol. The highest BCUT2D eigenvalue weighted by Crippen LogP contribution is 2.30. The van der Waals surface area contributed by atoms with Crippen molar-refractivity contribution in [1.82, 2.24) is 4.57 Å². The normalized spacial score (nSPS) is 17.9. The third-order valence-electron chi connectivity index (χ3n) is 2.63. The highest BCUT2D eigenvalue weighted by atomic mass is 35.5. The second-order valence-corrected chi connectivity index (χ2v) is 3.92. The summed E-state index contributed by atoms with van der Waals surface area (Å²) in [4.78, 5) is 11.0. The molecule has 1 heterocycles. The first-order valence-corrected chi connectivity index (χ1v) is 5.03. The van der Waals surface area contributed by atoms with Crippen molar-refractivity contribution in [1.29, 1.82) is 0 Å². The summed E-state index contributed by atoms with van der Waals surface area (Å²) >= 11 is 5.97. The zero-order valence-corrected chi connectivity index (χ0v) is 8.13. The Kier molecular flexibility index (Phi) is 2.40. The van der Waals surface area contributed by atoms with Crippen molar-refractivity contribution in [2.45, 2.75) is 31.7 Å². The van der Waals surface area contributed by atoms with Crippen LogP contribution in [-0.2, 0) is 0 Å². The summed E-state index contributed by atoms with van der Waals surface area (Å²) in [7, 11) is 0. The number of nitrogens with zero attached hydrogens (tertiary/aromatic N) is 1. The Balaban J connectivity index is 2.34. The van der Waals surface area contributed by atoms with E-state index in [4.69, 9.17) is 11.6 Å². The fourth-order valence-electron chi connectivity index (χ4n) is 1.94. The predicted molar refractivity (Wildman–Crippen MR) is 53.2 cm³/mol. The lowest BCUT2D eigenvalue weighted by Gasteiger charge is -2.15. The molecule has 0 aromatic carbocycles. The minimum Gasteiger partial charge on any atom is -0.335 e. The molecule has 2 rings (SSSR count). The topological polar surface area (TPSA) is 22.0 Å². The van der Waals surface area contributed by atoms with E-state index in [1.807, 2.05) is 4.57 Å². The van der Waals surface area contributed by atoms with Crippen LogP contribution >= 0.6 is 11.6 Å². The van der Waals surface area contributed by atoms with Gasteiger partial charge in [-0.2, -0.15) is 0 Å². The van der Waals surface area contributed by atoms with Crippen LogP contribution in [0.25, 0.3) is 0 Å². The highest BCUT2D eigenvalue weighted by molar-refractivity contribution is 6.29. The largest absolute Gasteiger partial charge is 0.335 e. The van der Waals surface area contributed by atoms with Crippen LogP contribution in [0.15, 0.2) is 23.1 Å². The quantitative estimate of drug-likeness (QED) is 0.635. The Morgan fingerprint density at radius 1 is 1.38 bits per heavy atom. The molecule has 2 nitrogen and oxygen atoms in total. The molecule has 13 heavy (non-hydrogen) atoms. The fraction of sp³-hybridized carbons (Fsp3) is 0.500. The lowest BCUT2D eigenvalue weighted by molar-refractivity contribution is 0.516. The minimum absolute atomic E-state index is 0.0146. The van der Waals surface area contributed by atoms with Gasteiger partial charge in [-0.25, -0.2) is 0 Å². The Hall–Kier alpha value is -0.760. The number of halogens is 1. The summed E-state index contributed by atoms with van der Waals surface area (Å²) in [6.07, 6.45) is 6.71. The molecule has 1 aliphatic rings. The average Bonchev–Trinajstić information content (AvgIpc) is 2.56. The van der Waals surface area contributed by atoms with Crippen LogP contribution < -0.4 is 5.43 Å². The molecule has 1 aromatic heterocycles. The smallest absolute Gasteiger partial charge is 0.183 e. The molecule has 0 saturated heterocycles. The van der Waals surface area contributed by atoms with Gasteiger partial charge >= 0.3 is 0 Å². The van der Waals surface area contributed by atoms with Gasteiger partial charge in [0, 0.05) is 24.4 Å². The maximum Gasteiger partial charge on any atom is 0.183 e. The number of pyridine rings is 1. The molecule has 0 amide bonds. The first kappa shape index (κ1) is 8.82. The Morgan fingerprint density at radius 3 is 2.69 bits per heavy atom. The van der Waals surface area contributed by atoms with Crippen LogP contribution in [0.2, 0.25) is 5.15 Å². The van der Waals surface area contributed by atoms with Gasteiger partial charge in [0.2, 0.25) is 0 Å². The third-order valence-corrected chi connectivity index (χ3v) is 2.93. The van der Waals surface area contributed by atoms with Gasteiger partial charge in [-0.15, -0.1) is 0 Å². The lowest BCUT2D eigenvalue weighted by atomic mass is 10.2. The summed E-state index contributed by atoms with van der Waals surface area (Å²) in [5.41, 5.74) is -0.0146. The van der Waals surface area contributed by atoms with Gasteiger partial charge in [0.05, 0.1) is 0 Å². The molecule has 0 radical (unpaired) electrons. The number of hydrogen-bond acceptors (Lipinski definition) is 1. The minimum atomic E-state index is -0.0146. The molecule has 0 spiro atoms. The molecule has 1 saturated carbocycles. The van der Waals surface area contributed by atoms with Crippen LogP contribution in [0.3, 0.4) is 0 Å². The standard InChI is InChI=1S/C10H12ClNO/c11-10-7-9(13)5-6-12(10)8-3-1-2-4-8/h5-8H,1-4H2. The molecule has 1 aromatic rings. The summed E-state index contributed by atoms with van der Waals surface area (Å²) in [5.74, 6) is 0. The summed E-state index contributed by atoms with van der Waals surface area (Å²) in [6, 6.07) is 3.57. The molecular formula is C10H12ClNO. The van der Waals surface area contributed by atoms with Crippen molar-refractivity contribution in [2.24, 2.45) is 0 Å². The molecule has 0 atom stereocenters. The van der Waals surface area contributed by atoms with E-state index in [1.54, 1.807) is 12.3 Å². The third kappa shape index (κ3) is 1.78. The molecular weight excluding hydrogens is 186 g/mol. The molecule has 1 aliphatic carbocycles. The van der Waals surface area contributed by atoms with Crippen molar-refractivity contribution in [3.8, 4) is 0 Å². The number of aromatic nitrogens is 1. The second-order valence-electron chi connectivity index (χ2n) is 3.53. The van der Waals surface area contributed by atoms with E-state index in [0.29, 0.717) is 11.2 Å². The van der Waals surface area contributed by atoms with Crippen LogP contribution in [0.5, 0.6) is 0 Å². The van der Waals surface area contributed by atoms with Gasteiger partial charge < -0.3 is 4.57 Å². The van der Waals surface area contributed by atoms with Crippen molar-refractivity contribution < 1.29 is 0 Å². The zero-order valence-electron chi connectivity index (χ0n) is 7.37. The first-order chi connectivity index (χ1) is 6.27. The molecule has 0 unspecified atom stereocenters. The average molecular weight is 198 g/mol. The van der Waals surface area contributed by atoms with Gasteiger partial charge in [0.15, 0.2) is 5.43 Å². The highest BCUT2D eigenvalue weighted by Gasteiger charge is 2.17. The summed E-state index contributed by atoms with van der Waals surface area (Å²) in [6.45, 7) is 0. The molecule has 1 fully saturated rings. The lowest BCUT2D eigenvalue weighted by Crippen LogP contribution is -2.10. The van der Waals surface area contributed by atoms with Gasteiger partial charge in [-0.3, -0.25) is 4.79 Å². The van der Waals surface area contributed by atoms with E-state index in [-0.39, 0.29) is 5.43 Å². The Bertz CT molecular complexity index is 352. The van der Waals surface area contributed by atoms with Crippen LogP contribution in [-0.4, -0.2) is 4.57 Å². The Morgan fingerprint density at radius 2 is 2.08 bits per heavy atom. The van der Waals surface area contributed by atoms with E-state index in [2.05, 4.69) is 0 Å². The number of rotatable bonds is 1. The molecule has 3 heteroatoms. The van der Waals surface area contributed by atoms with E-state index >= 15 is 0 Å². The van der Waals surface area contributed by atoms with Gasteiger partial charge in [-0.05, 0) is 12.8 Å². The molecule has 70 valence electrons. The van der Waals surface area contributed by atoms with Crippen LogP contribution in [0, 0.1) is 0 Å². The van der Waals surface area contributed by atoms with E-state index < -0.39 is 0 Å². The second kappa shape index (κ2) is 3.54. The van der Waals surface area contributed by atoms with E-state index in [1.165, 1.54) is 31.7 Å². The van der Waals surface area contributed by atoms with Gasteiger partial charge in [0.1, 0.15) is 5.15 Å². The van der Waals surface area contributed by atoms with Crippen molar-refractivity contribution in [3.05, 3.63) is 33.7 Å². The van der Waals surface area contributed by atoms with Crippen molar-refractivity contribution >= 4 is 11.6 Å². The SMILES string of the molecule is O=c1ccn(C2CCCC2)c(Cl)c1. The van der Waals surface area contributed by atoms with Crippen LogP contribution in [0.1, 0.15) is 31.7 Å². The van der Waals surface area contributed by atoms with Crippen LogP contribution in [0.4, 0.5) is 0 Å². The predicted octanol–water partition coefficient (Wildman–Crippen LogP) is 2.62. The van der Waals surface area contributed by atoms with Crippen molar-refractivity contribution in [3.63, 3.8) is 0 Å². The fourth-order valence-corrected chi connectivity index (χ4v) is 2.25. The number of hydrogen-bond donors (Lipinski definition) is 0. The van der Waals surface area contributed by atoms with E-state index in [9.17, 15) is 4.79 Å². The maximum atomic E-state index is 11.0. The molecule has 0 N–H and O–H groups in total. The van der Waals surface area contributed by atoms with Crippen molar-refractivity contribution in [2.75, 3.05) is 0 Å². The first-order valence-electron chi connectivity index (χ1n) is 4.65. The Labute approximate surface area is 82.1 Å². The zero-order chi connectivity index (χ0) is 9.26. The summed E-state index contributed by atoms with van der Waals surface area (Å²) < 4.78 is 2.01. The van der Waals surface area contributed by atoms with Gasteiger partial charge in [0.25, 0.3) is 0 Å².